The summed E-state index contributed by atoms with van der Waals surface area (Å²) in [6, 6.07) is 6.99. The van der Waals surface area contributed by atoms with Crippen LogP contribution in [0, 0.1) is 11.8 Å². The molecule has 0 unspecified atom stereocenters. The van der Waals surface area contributed by atoms with Crippen molar-refractivity contribution in [3.05, 3.63) is 40.4 Å². The van der Waals surface area contributed by atoms with Gasteiger partial charge in [-0.3, -0.25) is 14.4 Å². The number of nitrogens with one attached hydrogen (secondary N) is 1. The van der Waals surface area contributed by atoms with Crippen LogP contribution < -0.4 is 5.56 Å². The second kappa shape index (κ2) is 5.83. The second-order valence-corrected chi connectivity index (χ2v) is 5.67. The number of amides is 1. The predicted octanol–water partition coefficient (Wildman–Crippen LogP) is 0.992. The van der Waals surface area contributed by atoms with Crippen LogP contribution in [0.5, 0.6) is 0 Å². The summed E-state index contributed by atoms with van der Waals surface area (Å²) in [5.41, 5.74) is 0.327. The van der Waals surface area contributed by atoms with Crippen molar-refractivity contribution in [3.63, 3.8) is 0 Å². The molecule has 1 aromatic carbocycles. The molecule has 0 radical (unpaired) electrons. The lowest BCUT2D eigenvalue weighted by molar-refractivity contribution is -0.142. The van der Waals surface area contributed by atoms with Crippen molar-refractivity contribution in [3.8, 4) is 0 Å². The Morgan fingerprint density at radius 1 is 1.35 bits per heavy atom. The van der Waals surface area contributed by atoms with E-state index in [1.165, 1.54) is 4.90 Å². The van der Waals surface area contributed by atoms with Crippen molar-refractivity contribution < 1.29 is 14.7 Å². The molecule has 7 heteroatoms. The van der Waals surface area contributed by atoms with Crippen LogP contribution in [-0.4, -0.2) is 38.4 Å². The maximum absolute atomic E-state index is 12.3. The zero-order valence-corrected chi connectivity index (χ0v) is 12.7. The SMILES string of the molecule is CCN(Cc1nc2ccccc2c(=O)[nH]1)C(=O)[C@H]1C[C@H]1C(=O)O. The summed E-state index contributed by atoms with van der Waals surface area (Å²) in [6.07, 6.45) is 0.381. The molecule has 0 bridgehead atoms. The molecule has 1 fully saturated rings. The summed E-state index contributed by atoms with van der Waals surface area (Å²) in [5.74, 6) is -1.77. The lowest BCUT2D eigenvalue weighted by Gasteiger charge is -2.20. The molecule has 2 N–H and O–H groups in total. The van der Waals surface area contributed by atoms with Crippen LogP contribution in [0.3, 0.4) is 0 Å². The number of carboxylic acid groups (broad SMARTS) is 1. The Bertz CT molecular complexity index is 829. The molecule has 120 valence electrons. The van der Waals surface area contributed by atoms with E-state index < -0.39 is 17.8 Å². The molecule has 1 aliphatic carbocycles. The predicted molar refractivity (Wildman–Crippen MR) is 82.7 cm³/mol. The Balaban J connectivity index is 1.81. The molecular formula is C16H17N3O4. The number of carboxylic acids is 1. The fourth-order valence-electron chi connectivity index (χ4n) is 2.71. The first-order valence-electron chi connectivity index (χ1n) is 7.50. The maximum atomic E-state index is 12.3. The van der Waals surface area contributed by atoms with Gasteiger partial charge < -0.3 is 15.0 Å². The Hall–Kier alpha value is -2.70. The summed E-state index contributed by atoms with van der Waals surface area (Å²) in [7, 11) is 0. The van der Waals surface area contributed by atoms with Gasteiger partial charge >= 0.3 is 5.97 Å². The number of aliphatic carboxylic acids is 1. The van der Waals surface area contributed by atoms with Crippen molar-refractivity contribution in [1.82, 2.24) is 14.9 Å². The number of benzene rings is 1. The number of para-hydroxylation sites is 1. The van der Waals surface area contributed by atoms with Crippen LogP contribution in [0.4, 0.5) is 0 Å². The van der Waals surface area contributed by atoms with Crippen molar-refractivity contribution in [2.45, 2.75) is 19.9 Å². The molecule has 0 aliphatic heterocycles. The molecule has 2 atom stereocenters. The van der Waals surface area contributed by atoms with E-state index in [1.807, 2.05) is 6.92 Å². The Morgan fingerprint density at radius 3 is 2.74 bits per heavy atom. The van der Waals surface area contributed by atoms with Crippen LogP contribution in [0.25, 0.3) is 10.9 Å². The fraction of sp³-hybridized carbons (Fsp3) is 0.375. The molecule has 1 aliphatic rings. The largest absolute Gasteiger partial charge is 0.481 e. The van der Waals surface area contributed by atoms with Gasteiger partial charge in [-0.1, -0.05) is 12.1 Å². The van der Waals surface area contributed by atoms with Crippen LogP contribution >= 0.6 is 0 Å². The number of aromatic nitrogens is 2. The first-order valence-corrected chi connectivity index (χ1v) is 7.50. The van der Waals surface area contributed by atoms with E-state index in [2.05, 4.69) is 9.97 Å². The molecule has 0 spiro atoms. The standard InChI is InChI=1S/C16H17N3O4/c1-2-19(15(21)10-7-11(10)16(22)23)8-13-17-12-6-4-3-5-9(12)14(20)18-13/h3-6,10-11H,2,7-8H2,1H3,(H,22,23)(H,17,18,20)/t10-,11+/m0/s1. The quantitative estimate of drug-likeness (QED) is 0.856. The van der Waals surface area contributed by atoms with Gasteiger partial charge in [0.1, 0.15) is 5.82 Å². The molecular weight excluding hydrogens is 298 g/mol. The molecule has 23 heavy (non-hydrogen) atoms. The zero-order chi connectivity index (χ0) is 16.6. The molecule has 7 nitrogen and oxygen atoms in total. The third-order valence-corrected chi connectivity index (χ3v) is 4.12. The smallest absolute Gasteiger partial charge is 0.307 e. The zero-order valence-electron chi connectivity index (χ0n) is 12.7. The van der Waals surface area contributed by atoms with Crippen molar-refractivity contribution in [2.24, 2.45) is 11.8 Å². The maximum Gasteiger partial charge on any atom is 0.307 e. The van der Waals surface area contributed by atoms with E-state index in [4.69, 9.17) is 5.11 Å². The van der Waals surface area contributed by atoms with E-state index in [0.29, 0.717) is 29.7 Å². The highest BCUT2D eigenvalue weighted by Crippen LogP contribution is 2.40. The Labute approximate surface area is 132 Å². The number of nitrogens with zero attached hydrogens (tertiary/aromatic N) is 2. The monoisotopic (exact) mass is 315 g/mol. The molecule has 2 aromatic rings. The van der Waals surface area contributed by atoms with Crippen LogP contribution in [-0.2, 0) is 16.1 Å². The number of carbonyl (C=O) groups is 2. The molecule has 1 amide bonds. The number of hydrogen-bond acceptors (Lipinski definition) is 4. The minimum absolute atomic E-state index is 0.165. The number of hydrogen-bond donors (Lipinski definition) is 2. The van der Waals surface area contributed by atoms with Crippen molar-refractivity contribution >= 4 is 22.8 Å². The Morgan fingerprint density at radius 2 is 2.09 bits per heavy atom. The molecule has 1 saturated carbocycles. The average Bonchev–Trinajstić information content (AvgIpc) is 3.33. The van der Waals surface area contributed by atoms with Crippen molar-refractivity contribution in [1.29, 1.82) is 0 Å². The van der Waals surface area contributed by atoms with Gasteiger partial charge in [0.25, 0.3) is 5.56 Å². The van der Waals surface area contributed by atoms with Gasteiger partial charge in [0.05, 0.1) is 29.3 Å². The van der Waals surface area contributed by atoms with Gasteiger partial charge in [-0.2, -0.15) is 0 Å². The Kier molecular flexibility index (Phi) is 3.85. The second-order valence-electron chi connectivity index (χ2n) is 5.67. The van der Waals surface area contributed by atoms with Crippen LogP contribution in [0.1, 0.15) is 19.2 Å². The van der Waals surface area contributed by atoms with Gasteiger partial charge in [0, 0.05) is 6.54 Å². The highest BCUT2D eigenvalue weighted by atomic mass is 16.4. The molecule has 3 rings (SSSR count). The first-order chi connectivity index (χ1) is 11.0. The normalized spacial score (nSPS) is 19.5. The molecule has 0 saturated heterocycles. The van der Waals surface area contributed by atoms with Gasteiger partial charge in [-0.15, -0.1) is 0 Å². The van der Waals surface area contributed by atoms with E-state index in [0.717, 1.165) is 0 Å². The minimum atomic E-state index is -0.934. The number of H-pyrrole nitrogens is 1. The topological polar surface area (TPSA) is 103 Å². The summed E-state index contributed by atoms with van der Waals surface area (Å²) >= 11 is 0. The molecule has 1 heterocycles. The third kappa shape index (κ3) is 2.94. The van der Waals surface area contributed by atoms with Gasteiger partial charge in [-0.05, 0) is 25.5 Å². The van der Waals surface area contributed by atoms with E-state index in [-0.39, 0.29) is 18.0 Å². The van der Waals surface area contributed by atoms with Crippen molar-refractivity contribution in [2.75, 3.05) is 6.54 Å². The van der Waals surface area contributed by atoms with Gasteiger partial charge in [-0.25, -0.2) is 4.98 Å². The van der Waals surface area contributed by atoms with Crippen LogP contribution in [0.15, 0.2) is 29.1 Å². The number of rotatable bonds is 5. The van der Waals surface area contributed by atoms with Gasteiger partial charge in [0.2, 0.25) is 5.91 Å². The average molecular weight is 315 g/mol. The van der Waals surface area contributed by atoms with E-state index in [1.54, 1.807) is 24.3 Å². The lowest BCUT2D eigenvalue weighted by Crippen LogP contribution is -2.33. The number of fused-ring (bicyclic) bond motifs is 1. The van der Waals surface area contributed by atoms with Gasteiger partial charge in [0.15, 0.2) is 0 Å². The minimum Gasteiger partial charge on any atom is -0.481 e. The van der Waals surface area contributed by atoms with Crippen LogP contribution in [0.2, 0.25) is 0 Å². The lowest BCUT2D eigenvalue weighted by atomic mass is 10.2. The third-order valence-electron chi connectivity index (χ3n) is 4.12. The highest BCUT2D eigenvalue weighted by molar-refractivity contribution is 5.89. The summed E-state index contributed by atoms with van der Waals surface area (Å²) in [5, 5.41) is 9.44. The van der Waals surface area contributed by atoms with E-state index >= 15 is 0 Å². The number of aromatic amines is 1. The number of carbonyl (C=O) groups excluding carboxylic acids is 1. The first kappa shape index (κ1) is 15.2. The molecule has 1 aromatic heterocycles. The fourth-order valence-corrected chi connectivity index (χ4v) is 2.71. The summed E-state index contributed by atoms with van der Waals surface area (Å²) in [4.78, 5) is 43.9. The summed E-state index contributed by atoms with van der Waals surface area (Å²) in [6.45, 7) is 2.41. The summed E-state index contributed by atoms with van der Waals surface area (Å²) < 4.78 is 0. The van der Waals surface area contributed by atoms with E-state index in [9.17, 15) is 14.4 Å². The highest BCUT2D eigenvalue weighted by Gasteiger charge is 2.49.